The van der Waals surface area contributed by atoms with Gasteiger partial charge in [0, 0.05) is 12.3 Å². The average molecular weight is 299 g/mol. The van der Waals surface area contributed by atoms with Crippen LogP contribution >= 0.6 is 0 Å². The molecule has 0 radical (unpaired) electrons. The SMILES string of the molecule is N#CCc1ccc(OCCn2ccc(=O)c([N+](=O)[O-])c2)cc1. The van der Waals surface area contributed by atoms with Gasteiger partial charge in [-0.3, -0.25) is 14.9 Å². The molecular formula is C15H13N3O4. The molecule has 2 rings (SSSR count). The van der Waals surface area contributed by atoms with Gasteiger partial charge in [-0.25, -0.2) is 0 Å². The highest BCUT2D eigenvalue weighted by atomic mass is 16.6. The Balaban J connectivity index is 1.94. The number of ether oxygens (including phenoxy) is 1. The highest BCUT2D eigenvalue weighted by Crippen LogP contribution is 2.12. The average Bonchev–Trinajstić information content (AvgIpc) is 2.51. The zero-order chi connectivity index (χ0) is 15.9. The van der Waals surface area contributed by atoms with Crippen LogP contribution in [0.2, 0.25) is 0 Å². The van der Waals surface area contributed by atoms with Gasteiger partial charge in [0.05, 0.1) is 30.2 Å². The lowest BCUT2D eigenvalue weighted by Gasteiger charge is -2.08. The van der Waals surface area contributed by atoms with Gasteiger partial charge in [0.1, 0.15) is 12.4 Å². The number of hydrogen-bond donors (Lipinski definition) is 0. The Morgan fingerprint density at radius 1 is 1.27 bits per heavy atom. The number of nitro groups is 1. The zero-order valence-electron chi connectivity index (χ0n) is 11.6. The molecule has 112 valence electrons. The van der Waals surface area contributed by atoms with Gasteiger partial charge in [0.2, 0.25) is 0 Å². The monoisotopic (exact) mass is 299 g/mol. The number of pyridine rings is 1. The summed E-state index contributed by atoms with van der Waals surface area (Å²) >= 11 is 0. The fourth-order valence-electron chi connectivity index (χ4n) is 1.85. The Bertz CT molecular complexity index is 760. The Hall–Kier alpha value is -3.14. The van der Waals surface area contributed by atoms with Crippen molar-refractivity contribution in [2.45, 2.75) is 13.0 Å². The Morgan fingerprint density at radius 2 is 2.00 bits per heavy atom. The van der Waals surface area contributed by atoms with Gasteiger partial charge in [-0.2, -0.15) is 5.26 Å². The minimum absolute atomic E-state index is 0.303. The summed E-state index contributed by atoms with van der Waals surface area (Å²) in [5, 5.41) is 19.3. The Labute approximate surface area is 126 Å². The summed E-state index contributed by atoms with van der Waals surface area (Å²) in [5.74, 6) is 0.650. The first-order valence-electron chi connectivity index (χ1n) is 6.53. The minimum Gasteiger partial charge on any atom is -0.492 e. The first-order chi connectivity index (χ1) is 10.6. The molecule has 0 amide bonds. The number of benzene rings is 1. The van der Waals surface area contributed by atoms with Crippen LogP contribution in [0.3, 0.4) is 0 Å². The third kappa shape index (κ3) is 3.93. The highest BCUT2D eigenvalue weighted by molar-refractivity contribution is 5.28. The van der Waals surface area contributed by atoms with Crippen molar-refractivity contribution < 1.29 is 9.66 Å². The molecule has 0 aliphatic carbocycles. The molecular weight excluding hydrogens is 286 g/mol. The molecule has 0 aliphatic rings. The number of nitriles is 1. The van der Waals surface area contributed by atoms with Crippen LogP contribution in [0.25, 0.3) is 0 Å². The van der Waals surface area contributed by atoms with E-state index in [1.165, 1.54) is 17.0 Å². The predicted molar refractivity (Wildman–Crippen MR) is 78.6 cm³/mol. The topological polar surface area (TPSA) is 98.2 Å². The second-order valence-corrected chi connectivity index (χ2v) is 4.52. The number of nitrogens with zero attached hydrogens (tertiary/aromatic N) is 3. The molecule has 0 N–H and O–H groups in total. The molecule has 0 fully saturated rings. The third-order valence-electron chi connectivity index (χ3n) is 2.98. The van der Waals surface area contributed by atoms with Crippen LogP contribution in [0, 0.1) is 21.4 Å². The van der Waals surface area contributed by atoms with Crippen molar-refractivity contribution in [2.24, 2.45) is 0 Å². The van der Waals surface area contributed by atoms with E-state index >= 15 is 0 Å². The van der Waals surface area contributed by atoms with Gasteiger partial charge in [-0.05, 0) is 17.7 Å². The summed E-state index contributed by atoms with van der Waals surface area (Å²) in [7, 11) is 0. The fourth-order valence-corrected chi connectivity index (χ4v) is 1.85. The van der Waals surface area contributed by atoms with E-state index in [0.717, 1.165) is 11.6 Å². The summed E-state index contributed by atoms with van der Waals surface area (Å²) in [6.07, 6.45) is 3.03. The molecule has 7 heteroatoms. The van der Waals surface area contributed by atoms with E-state index in [1.807, 2.05) is 12.1 Å². The number of hydrogen-bond acceptors (Lipinski definition) is 5. The molecule has 0 atom stereocenters. The van der Waals surface area contributed by atoms with Crippen molar-refractivity contribution >= 4 is 5.69 Å². The summed E-state index contributed by atoms with van der Waals surface area (Å²) in [6, 6.07) is 10.4. The fraction of sp³-hybridized carbons (Fsp3) is 0.200. The summed E-state index contributed by atoms with van der Waals surface area (Å²) in [4.78, 5) is 21.3. The molecule has 0 unspecified atom stereocenters. The number of aromatic nitrogens is 1. The molecule has 0 spiro atoms. The quantitative estimate of drug-likeness (QED) is 0.599. The van der Waals surface area contributed by atoms with Crippen LogP contribution in [0.4, 0.5) is 5.69 Å². The van der Waals surface area contributed by atoms with Gasteiger partial charge in [-0.15, -0.1) is 0 Å². The van der Waals surface area contributed by atoms with E-state index in [0.29, 0.717) is 25.3 Å². The Kier molecular flexibility index (Phi) is 4.88. The van der Waals surface area contributed by atoms with E-state index in [2.05, 4.69) is 6.07 Å². The van der Waals surface area contributed by atoms with Gasteiger partial charge in [-0.1, -0.05) is 12.1 Å². The second kappa shape index (κ2) is 7.04. The molecule has 2 aromatic rings. The maximum Gasteiger partial charge on any atom is 0.332 e. The molecule has 0 saturated carbocycles. The largest absolute Gasteiger partial charge is 0.492 e. The summed E-state index contributed by atoms with van der Waals surface area (Å²) in [5.41, 5.74) is -0.163. The molecule has 1 aromatic heterocycles. The van der Waals surface area contributed by atoms with Gasteiger partial charge >= 0.3 is 5.69 Å². The van der Waals surface area contributed by atoms with Crippen molar-refractivity contribution in [1.29, 1.82) is 5.26 Å². The van der Waals surface area contributed by atoms with E-state index in [9.17, 15) is 14.9 Å². The van der Waals surface area contributed by atoms with E-state index in [1.54, 1.807) is 12.1 Å². The van der Waals surface area contributed by atoms with Crippen molar-refractivity contribution in [3.63, 3.8) is 0 Å². The summed E-state index contributed by atoms with van der Waals surface area (Å²) in [6.45, 7) is 0.679. The Morgan fingerprint density at radius 3 is 2.64 bits per heavy atom. The molecule has 0 aliphatic heterocycles. The predicted octanol–water partition coefficient (Wildman–Crippen LogP) is 1.90. The minimum atomic E-state index is -0.701. The van der Waals surface area contributed by atoms with Crippen LogP contribution in [0.1, 0.15) is 5.56 Å². The van der Waals surface area contributed by atoms with Gasteiger partial charge in [0.25, 0.3) is 5.43 Å². The lowest BCUT2D eigenvalue weighted by Crippen LogP contribution is -2.14. The zero-order valence-corrected chi connectivity index (χ0v) is 11.6. The lowest BCUT2D eigenvalue weighted by molar-refractivity contribution is -0.386. The lowest BCUT2D eigenvalue weighted by atomic mass is 10.2. The molecule has 1 aromatic carbocycles. The van der Waals surface area contributed by atoms with Gasteiger partial charge in [0.15, 0.2) is 0 Å². The molecule has 22 heavy (non-hydrogen) atoms. The van der Waals surface area contributed by atoms with E-state index in [-0.39, 0.29) is 0 Å². The van der Waals surface area contributed by atoms with Crippen LogP contribution in [0.15, 0.2) is 47.5 Å². The van der Waals surface area contributed by atoms with Crippen molar-refractivity contribution in [3.05, 3.63) is 68.6 Å². The first kappa shape index (κ1) is 15.3. The van der Waals surface area contributed by atoms with Crippen molar-refractivity contribution in [1.82, 2.24) is 4.57 Å². The van der Waals surface area contributed by atoms with Crippen molar-refractivity contribution in [3.8, 4) is 11.8 Å². The van der Waals surface area contributed by atoms with Crippen LogP contribution in [-0.2, 0) is 13.0 Å². The normalized spacial score (nSPS) is 9.95. The molecule has 7 nitrogen and oxygen atoms in total. The first-order valence-corrected chi connectivity index (χ1v) is 6.53. The van der Waals surface area contributed by atoms with E-state index in [4.69, 9.17) is 10.00 Å². The van der Waals surface area contributed by atoms with Crippen LogP contribution < -0.4 is 10.2 Å². The number of rotatable bonds is 6. The van der Waals surface area contributed by atoms with E-state index < -0.39 is 16.0 Å². The molecule has 1 heterocycles. The van der Waals surface area contributed by atoms with Crippen LogP contribution in [0.5, 0.6) is 5.75 Å². The summed E-state index contributed by atoms with van der Waals surface area (Å²) < 4.78 is 7.05. The maximum absolute atomic E-state index is 11.3. The third-order valence-corrected chi connectivity index (χ3v) is 2.98. The molecule has 0 saturated heterocycles. The van der Waals surface area contributed by atoms with Crippen LogP contribution in [-0.4, -0.2) is 16.1 Å². The van der Waals surface area contributed by atoms with Crippen molar-refractivity contribution in [2.75, 3.05) is 6.61 Å². The smallest absolute Gasteiger partial charge is 0.332 e. The highest BCUT2D eigenvalue weighted by Gasteiger charge is 2.11. The standard InChI is InChI=1S/C15H13N3O4/c16-7-5-12-1-3-13(4-2-12)22-10-9-17-8-6-15(19)14(11-17)18(20)21/h1-4,6,8,11H,5,9-10H2. The molecule has 0 bridgehead atoms. The van der Waals surface area contributed by atoms with Gasteiger partial charge < -0.3 is 9.30 Å². The second-order valence-electron chi connectivity index (χ2n) is 4.52. The maximum atomic E-state index is 11.3.